The van der Waals surface area contributed by atoms with E-state index in [1.807, 2.05) is 6.92 Å². The van der Waals surface area contributed by atoms with Crippen LogP contribution in [-0.4, -0.2) is 19.6 Å². The summed E-state index contributed by atoms with van der Waals surface area (Å²) in [5.74, 6) is 1.17. The molecule has 0 bridgehead atoms. The van der Waals surface area contributed by atoms with Crippen molar-refractivity contribution in [1.29, 1.82) is 0 Å². The van der Waals surface area contributed by atoms with Crippen molar-refractivity contribution < 1.29 is 8.81 Å². The summed E-state index contributed by atoms with van der Waals surface area (Å²) in [6.07, 6.45) is 1.75. The van der Waals surface area contributed by atoms with E-state index >= 15 is 0 Å². The quantitative estimate of drug-likeness (QED) is 0.356. The topological polar surface area (TPSA) is 49.6 Å². The number of halogens is 2. The van der Waals surface area contributed by atoms with Crippen LogP contribution in [0.4, 0.5) is 4.39 Å². The highest BCUT2D eigenvalue weighted by Crippen LogP contribution is 2.25. The molecule has 0 atom stereocenters. The van der Waals surface area contributed by atoms with Crippen LogP contribution in [0.25, 0.3) is 11.0 Å². The standard InChI is InChI=1S/C15H18FN3O.HI/c1-4-7-18-15(17-3)19-9-14-10(2)12-8-11(16)5-6-13(12)20-14;/h4-6,8H,1,7,9H2,2-3H3,(H2,17,18,19);1H. The van der Waals surface area contributed by atoms with Gasteiger partial charge in [-0.2, -0.15) is 0 Å². The summed E-state index contributed by atoms with van der Waals surface area (Å²) in [5.41, 5.74) is 1.63. The molecule has 0 amide bonds. The van der Waals surface area contributed by atoms with E-state index in [4.69, 9.17) is 4.42 Å². The monoisotopic (exact) mass is 403 g/mol. The summed E-state index contributed by atoms with van der Waals surface area (Å²) in [6, 6.07) is 4.53. The van der Waals surface area contributed by atoms with Gasteiger partial charge in [-0.25, -0.2) is 4.39 Å². The molecule has 2 aromatic rings. The Bertz CT molecular complexity index is 652. The van der Waals surface area contributed by atoms with Crippen LogP contribution in [-0.2, 0) is 6.54 Å². The van der Waals surface area contributed by atoms with Gasteiger partial charge in [0.1, 0.15) is 17.2 Å². The van der Waals surface area contributed by atoms with Crippen LogP contribution in [0.5, 0.6) is 0 Å². The Morgan fingerprint density at radius 3 is 2.86 bits per heavy atom. The van der Waals surface area contributed by atoms with Crippen molar-refractivity contribution >= 4 is 40.9 Å². The third-order valence-corrected chi connectivity index (χ3v) is 3.05. The summed E-state index contributed by atoms with van der Waals surface area (Å²) in [4.78, 5) is 4.08. The molecule has 1 aromatic heterocycles. The van der Waals surface area contributed by atoms with Crippen molar-refractivity contribution in [3.63, 3.8) is 0 Å². The number of hydrogen-bond acceptors (Lipinski definition) is 2. The molecule has 0 spiro atoms. The van der Waals surface area contributed by atoms with Gasteiger partial charge in [-0.1, -0.05) is 6.08 Å². The zero-order valence-electron chi connectivity index (χ0n) is 12.1. The largest absolute Gasteiger partial charge is 0.459 e. The van der Waals surface area contributed by atoms with E-state index in [9.17, 15) is 4.39 Å². The normalized spacial score (nSPS) is 11.1. The number of fused-ring (bicyclic) bond motifs is 1. The van der Waals surface area contributed by atoms with Gasteiger partial charge < -0.3 is 15.1 Å². The highest BCUT2D eigenvalue weighted by molar-refractivity contribution is 14.0. The van der Waals surface area contributed by atoms with Crippen LogP contribution >= 0.6 is 24.0 Å². The van der Waals surface area contributed by atoms with Gasteiger partial charge in [0.25, 0.3) is 0 Å². The molecule has 0 aliphatic carbocycles. The molecule has 4 nitrogen and oxygen atoms in total. The summed E-state index contributed by atoms with van der Waals surface area (Å²) in [5, 5.41) is 7.01. The minimum Gasteiger partial charge on any atom is -0.459 e. The molecule has 0 aliphatic heterocycles. The molecule has 1 heterocycles. The lowest BCUT2D eigenvalue weighted by molar-refractivity contribution is 0.534. The fourth-order valence-corrected chi connectivity index (χ4v) is 1.97. The van der Waals surface area contributed by atoms with Crippen molar-refractivity contribution in [1.82, 2.24) is 10.6 Å². The SMILES string of the molecule is C=CCNC(=NC)NCc1oc2ccc(F)cc2c1C.I. The summed E-state index contributed by atoms with van der Waals surface area (Å²) >= 11 is 0. The third-order valence-electron chi connectivity index (χ3n) is 3.05. The maximum absolute atomic E-state index is 13.2. The van der Waals surface area contributed by atoms with Crippen LogP contribution in [0.15, 0.2) is 40.3 Å². The third kappa shape index (κ3) is 4.20. The Labute approximate surface area is 140 Å². The second-order valence-electron chi connectivity index (χ2n) is 4.39. The van der Waals surface area contributed by atoms with E-state index in [0.29, 0.717) is 24.6 Å². The van der Waals surface area contributed by atoms with Crippen LogP contribution in [0.3, 0.4) is 0 Å². The smallest absolute Gasteiger partial charge is 0.191 e. The number of nitrogens with zero attached hydrogens (tertiary/aromatic N) is 1. The Morgan fingerprint density at radius 1 is 1.43 bits per heavy atom. The minimum absolute atomic E-state index is 0. The summed E-state index contributed by atoms with van der Waals surface area (Å²) in [7, 11) is 1.69. The number of hydrogen-bond donors (Lipinski definition) is 2. The van der Waals surface area contributed by atoms with Crippen LogP contribution < -0.4 is 10.6 Å². The van der Waals surface area contributed by atoms with Gasteiger partial charge >= 0.3 is 0 Å². The second kappa shape index (κ2) is 8.02. The van der Waals surface area contributed by atoms with Gasteiger partial charge in [-0.05, 0) is 25.1 Å². The highest BCUT2D eigenvalue weighted by Gasteiger charge is 2.11. The van der Waals surface area contributed by atoms with Gasteiger partial charge in [0, 0.05) is 24.5 Å². The molecule has 6 heteroatoms. The molecule has 0 saturated heterocycles. The zero-order chi connectivity index (χ0) is 14.5. The van der Waals surface area contributed by atoms with Gasteiger partial charge in [-0.3, -0.25) is 4.99 Å². The van der Waals surface area contributed by atoms with Gasteiger partial charge in [0.15, 0.2) is 5.96 Å². The van der Waals surface area contributed by atoms with Crippen molar-refractivity contribution in [2.24, 2.45) is 4.99 Å². The average Bonchev–Trinajstić information content (AvgIpc) is 2.76. The van der Waals surface area contributed by atoms with Crippen LogP contribution in [0.2, 0.25) is 0 Å². The number of furan rings is 1. The fourth-order valence-electron chi connectivity index (χ4n) is 1.97. The Balaban J connectivity index is 0.00000220. The molecule has 0 unspecified atom stereocenters. The number of guanidine groups is 1. The number of rotatable bonds is 4. The van der Waals surface area contributed by atoms with Gasteiger partial charge in [0.05, 0.1) is 6.54 Å². The molecule has 0 saturated carbocycles. The first-order valence-electron chi connectivity index (χ1n) is 6.38. The maximum Gasteiger partial charge on any atom is 0.191 e. The van der Waals surface area contributed by atoms with Gasteiger partial charge in [0.2, 0.25) is 0 Å². The maximum atomic E-state index is 13.2. The van der Waals surface area contributed by atoms with E-state index in [2.05, 4.69) is 22.2 Å². The first-order chi connectivity index (χ1) is 9.65. The van der Waals surface area contributed by atoms with Crippen molar-refractivity contribution in [3.05, 3.63) is 48.0 Å². The lowest BCUT2D eigenvalue weighted by Crippen LogP contribution is -2.36. The molecule has 21 heavy (non-hydrogen) atoms. The van der Waals surface area contributed by atoms with E-state index in [-0.39, 0.29) is 29.8 Å². The number of aliphatic imine (C=N–C) groups is 1. The van der Waals surface area contributed by atoms with E-state index in [1.165, 1.54) is 12.1 Å². The molecular formula is C15H19FIN3O. The Kier molecular flexibility index (Phi) is 6.67. The number of benzene rings is 1. The van der Waals surface area contributed by atoms with E-state index in [0.717, 1.165) is 16.7 Å². The molecule has 2 rings (SSSR count). The predicted molar refractivity (Wildman–Crippen MR) is 94.7 cm³/mol. The molecule has 1 aromatic carbocycles. The van der Waals surface area contributed by atoms with E-state index < -0.39 is 0 Å². The lowest BCUT2D eigenvalue weighted by atomic mass is 10.1. The molecule has 0 radical (unpaired) electrons. The first kappa shape index (κ1) is 17.5. The lowest BCUT2D eigenvalue weighted by Gasteiger charge is -2.09. The molecule has 0 fully saturated rings. The highest BCUT2D eigenvalue weighted by atomic mass is 127. The second-order valence-corrected chi connectivity index (χ2v) is 4.39. The van der Waals surface area contributed by atoms with E-state index in [1.54, 1.807) is 19.2 Å². The van der Waals surface area contributed by atoms with Crippen molar-refractivity contribution in [2.75, 3.05) is 13.6 Å². The van der Waals surface area contributed by atoms with Crippen molar-refractivity contribution in [2.45, 2.75) is 13.5 Å². The van der Waals surface area contributed by atoms with Crippen LogP contribution in [0.1, 0.15) is 11.3 Å². The average molecular weight is 403 g/mol. The Morgan fingerprint density at radius 2 is 2.19 bits per heavy atom. The Hall–Kier alpha value is -1.57. The zero-order valence-corrected chi connectivity index (χ0v) is 14.4. The summed E-state index contributed by atoms with van der Waals surface area (Å²) < 4.78 is 19.0. The first-order valence-corrected chi connectivity index (χ1v) is 6.38. The number of aryl methyl sites for hydroxylation is 1. The summed E-state index contributed by atoms with van der Waals surface area (Å²) in [6.45, 7) is 6.67. The molecule has 0 aliphatic rings. The van der Waals surface area contributed by atoms with Crippen molar-refractivity contribution in [3.8, 4) is 0 Å². The molecule has 114 valence electrons. The molecular weight excluding hydrogens is 384 g/mol. The van der Waals surface area contributed by atoms with Gasteiger partial charge in [-0.15, -0.1) is 30.6 Å². The number of nitrogens with one attached hydrogen (secondary N) is 2. The minimum atomic E-state index is -0.260. The van der Waals surface area contributed by atoms with Crippen LogP contribution in [0, 0.1) is 12.7 Å². The fraction of sp³-hybridized carbons (Fsp3) is 0.267. The predicted octanol–water partition coefficient (Wildman–Crippen LogP) is 3.35. The molecule has 2 N–H and O–H groups in total.